The van der Waals surface area contributed by atoms with E-state index >= 15 is 0 Å². The van der Waals surface area contributed by atoms with Crippen molar-refractivity contribution >= 4 is 11.8 Å². The lowest BCUT2D eigenvalue weighted by Gasteiger charge is -2.11. The minimum absolute atomic E-state index is 0.870. The highest BCUT2D eigenvalue weighted by Crippen LogP contribution is 2.14. The molecular weight excluding hydrogens is 266 g/mol. The highest BCUT2D eigenvalue weighted by molar-refractivity contribution is 7.98. The minimum Gasteiger partial charge on any atom is -0.311 e. The summed E-state index contributed by atoms with van der Waals surface area (Å²) in [6.07, 6.45) is 6.65. The summed E-state index contributed by atoms with van der Waals surface area (Å²) < 4.78 is 2.22. The van der Waals surface area contributed by atoms with E-state index in [0.29, 0.717) is 0 Å². The van der Waals surface area contributed by atoms with E-state index in [2.05, 4.69) is 52.3 Å². The number of hydrogen-bond acceptors (Lipinski definition) is 3. The maximum absolute atomic E-state index is 4.44. The summed E-state index contributed by atoms with van der Waals surface area (Å²) >= 11 is 1.92. The second kappa shape index (κ2) is 8.12. The van der Waals surface area contributed by atoms with Gasteiger partial charge in [-0.3, -0.25) is 4.57 Å². The number of imidazole rings is 1. The van der Waals surface area contributed by atoms with Gasteiger partial charge >= 0.3 is 0 Å². The molecule has 0 saturated heterocycles. The van der Waals surface area contributed by atoms with Crippen LogP contribution in [-0.4, -0.2) is 28.1 Å². The van der Waals surface area contributed by atoms with Crippen LogP contribution in [0.1, 0.15) is 24.4 Å². The molecule has 1 N–H and O–H groups in total. The molecule has 20 heavy (non-hydrogen) atoms. The summed E-state index contributed by atoms with van der Waals surface area (Å²) in [7, 11) is 0. The van der Waals surface area contributed by atoms with Crippen molar-refractivity contribution in [3.63, 3.8) is 0 Å². The lowest BCUT2D eigenvalue weighted by molar-refractivity contribution is 0.628. The van der Waals surface area contributed by atoms with Crippen LogP contribution >= 0.6 is 11.8 Å². The third kappa shape index (κ3) is 4.12. The summed E-state index contributed by atoms with van der Waals surface area (Å²) in [5.74, 6) is 2.29. The molecular formula is C16H23N3S. The van der Waals surface area contributed by atoms with Crippen molar-refractivity contribution in [2.75, 3.05) is 18.6 Å². The summed E-state index contributed by atoms with van der Waals surface area (Å²) in [5, 5.41) is 3.51. The van der Waals surface area contributed by atoms with Gasteiger partial charge in [0.1, 0.15) is 5.82 Å². The number of para-hydroxylation sites is 1. The zero-order valence-corrected chi connectivity index (χ0v) is 13.1. The first kappa shape index (κ1) is 15.1. The van der Waals surface area contributed by atoms with Gasteiger partial charge in [-0.05, 0) is 50.5 Å². The van der Waals surface area contributed by atoms with Crippen LogP contribution in [0.2, 0.25) is 0 Å². The average molecular weight is 289 g/mol. The molecule has 0 unspecified atom stereocenters. The van der Waals surface area contributed by atoms with E-state index in [1.165, 1.54) is 30.0 Å². The lowest BCUT2D eigenvalue weighted by Crippen LogP contribution is -2.17. The summed E-state index contributed by atoms with van der Waals surface area (Å²) in [5.41, 5.74) is 2.40. The molecule has 1 aromatic heterocycles. The third-order valence-corrected chi connectivity index (χ3v) is 3.98. The molecule has 0 atom stereocenters. The molecule has 0 saturated carbocycles. The van der Waals surface area contributed by atoms with E-state index in [0.717, 1.165) is 18.9 Å². The van der Waals surface area contributed by atoms with Crippen LogP contribution in [0.4, 0.5) is 0 Å². The molecule has 0 bridgehead atoms. The quantitative estimate of drug-likeness (QED) is 0.755. The molecule has 0 aliphatic carbocycles. The predicted molar refractivity (Wildman–Crippen MR) is 87.6 cm³/mol. The predicted octanol–water partition coefficient (Wildman–Crippen LogP) is 3.41. The van der Waals surface area contributed by atoms with E-state index < -0.39 is 0 Å². The van der Waals surface area contributed by atoms with Gasteiger partial charge in [-0.2, -0.15) is 11.8 Å². The fraction of sp³-hybridized carbons (Fsp3) is 0.438. The van der Waals surface area contributed by atoms with Crippen molar-refractivity contribution in [3.8, 4) is 5.69 Å². The number of thioether (sulfide) groups is 1. The van der Waals surface area contributed by atoms with Gasteiger partial charge in [0.2, 0.25) is 0 Å². The fourth-order valence-electron chi connectivity index (χ4n) is 2.26. The van der Waals surface area contributed by atoms with Crippen LogP contribution in [0.15, 0.2) is 36.5 Å². The number of benzene rings is 1. The summed E-state index contributed by atoms with van der Waals surface area (Å²) in [6, 6.07) is 10.4. The van der Waals surface area contributed by atoms with Crippen LogP contribution in [0.5, 0.6) is 0 Å². The van der Waals surface area contributed by atoms with Crippen LogP contribution in [0, 0.1) is 6.92 Å². The molecule has 2 rings (SSSR count). The van der Waals surface area contributed by atoms with Crippen LogP contribution in [-0.2, 0) is 6.54 Å². The van der Waals surface area contributed by atoms with Crippen LogP contribution in [0.25, 0.3) is 5.69 Å². The highest BCUT2D eigenvalue weighted by Gasteiger charge is 2.07. The second-order valence-corrected chi connectivity index (χ2v) is 5.83. The number of unbranched alkanes of at least 4 members (excludes halogenated alkanes) is 1. The number of nitrogens with one attached hydrogen (secondary N) is 1. The van der Waals surface area contributed by atoms with Gasteiger partial charge in [0.05, 0.1) is 11.9 Å². The van der Waals surface area contributed by atoms with Gasteiger partial charge in [0, 0.05) is 12.2 Å². The third-order valence-electron chi connectivity index (χ3n) is 3.28. The Hall–Kier alpha value is -1.26. The first-order chi connectivity index (χ1) is 9.83. The molecule has 108 valence electrons. The standard InChI is InChI=1S/C16H23N3S/c1-14-18-13-16(12-17-10-6-7-11-20-2)19(14)15-8-4-3-5-9-15/h3-5,8-9,13,17H,6-7,10-12H2,1-2H3. The Morgan fingerprint density at radius 3 is 2.75 bits per heavy atom. The highest BCUT2D eigenvalue weighted by atomic mass is 32.2. The molecule has 1 heterocycles. The number of aromatic nitrogens is 2. The number of rotatable bonds is 8. The van der Waals surface area contributed by atoms with Crippen molar-refractivity contribution in [1.82, 2.24) is 14.9 Å². The molecule has 0 aliphatic rings. The average Bonchev–Trinajstić information content (AvgIpc) is 2.84. The monoisotopic (exact) mass is 289 g/mol. The largest absolute Gasteiger partial charge is 0.311 e. The number of hydrogen-bond donors (Lipinski definition) is 1. The molecule has 0 radical (unpaired) electrons. The molecule has 4 heteroatoms. The number of nitrogens with zero attached hydrogens (tertiary/aromatic N) is 2. The van der Waals surface area contributed by atoms with Crippen molar-refractivity contribution in [2.45, 2.75) is 26.3 Å². The van der Waals surface area contributed by atoms with Crippen molar-refractivity contribution in [1.29, 1.82) is 0 Å². The molecule has 0 aliphatic heterocycles. The second-order valence-electron chi connectivity index (χ2n) is 4.84. The lowest BCUT2D eigenvalue weighted by atomic mass is 10.3. The van der Waals surface area contributed by atoms with E-state index in [1.54, 1.807) is 0 Å². The van der Waals surface area contributed by atoms with Gasteiger partial charge in [-0.1, -0.05) is 18.2 Å². The van der Waals surface area contributed by atoms with E-state index in [-0.39, 0.29) is 0 Å². The fourth-order valence-corrected chi connectivity index (χ4v) is 2.75. The molecule has 3 nitrogen and oxygen atoms in total. The first-order valence-corrected chi connectivity index (χ1v) is 8.50. The van der Waals surface area contributed by atoms with Crippen molar-refractivity contribution in [3.05, 3.63) is 48.0 Å². The van der Waals surface area contributed by atoms with Gasteiger partial charge in [0.15, 0.2) is 0 Å². The van der Waals surface area contributed by atoms with Gasteiger partial charge in [-0.15, -0.1) is 0 Å². The normalized spacial score (nSPS) is 10.9. The molecule has 0 amide bonds. The Kier molecular flexibility index (Phi) is 6.15. The van der Waals surface area contributed by atoms with E-state index in [4.69, 9.17) is 0 Å². The van der Waals surface area contributed by atoms with Gasteiger partial charge in [-0.25, -0.2) is 4.98 Å². The van der Waals surface area contributed by atoms with Gasteiger partial charge < -0.3 is 5.32 Å². The van der Waals surface area contributed by atoms with Crippen molar-refractivity contribution < 1.29 is 0 Å². The molecule has 0 spiro atoms. The maximum Gasteiger partial charge on any atom is 0.110 e. The number of aryl methyl sites for hydroxylation is 1. The smallest absolute Gasteiger partial charge is 0.110 e. The molecule has 0 fully saturated rings. The van der Waals surface area contributed by atoms with Gasteiger partial charge in [0.25, 0.3) is 0 Å². The molecule has 2 aromatic rings. The Morgan fingerprint density at radius 2 is 2.00 bits per heavy atom. The minimum atomic E-state index is 0.870. The van der Waals surface area contributed by atoms with Crippen LogP contribution in [0.3, 0.4) is 0 Å². The Labute approximate surface area is 125 Å². The van der Waals surface area contributed by atoms with Crippen molar-refractivity contribution in [2.24, 2.45) is 0 Å². The summed E-state index contributed by atoms with van der Waals surface area (Å²) in [6.45, 7) is 3.99. The van der Waals surface area contributed by atoms with Crippen LogP contribution < -0.4 is 5.32 Å². The first-order valence-electron chi connectivity index (χ1n) is 7.11. The Balaban J connectivity index is 1.93. The zero-order chi connectivity index (χ0) is 14.2. The Bertz CT molecular complexity index is 508. The maximum atomic E-state index is 4.44. The van der Waals surface area contributed by atoms with E-state index in [9.17, 15) is 0 Å². The Morgan fingerprint density at radius 1 is 1.20 bits per heavy atom. The summed E-state index contributed by atoms with van der Waals surface area (Å²) in [4.78, 5) is 4.44. The topological polar surface area (TPSA) is 29.9 Å². The molecule has 1 aromatic carbocycles. The SMILES string of the molecule is CSCCCCNCc1cnc(C)n1-c1ccccc1. The zero-order valence-electron chi connectivity index (χ0n) is 12.3. The van der Waals surface area contributed by atoms with E-state index in [1.807, 2.05) is 24.0 Å².